The monoisotopic (exact) mass is 579 g/mol. The van der Waals surface area contributed by atoms with Gasteiger partial charge < -0.3 is 14.8 Å². The van der Waals surface area contributed by atoms with E-state index in [2.05, 4.69) is 81.5 Å². The molecule has 2 aliphatic heterocycles. The molecule has 5 nitrogen and oxygen atoms in total. The highest BCUT2D eigenvalue weighted by atomic mass is 16.8. The molecule has 0 radical (unpaired) electrons. The van der Waals surface area contributed by atoms with Gasteiger partial charge in [-0.05, 0) is 121 Å². The Morgan fingerprint density at radius 1 is 0.767 bits per heavy atom. The zero-order chi connectivity index (χ0) is 29.8. The van der Waals surface area contributed by atoms with E-state index >= 15 is 0 Å². The zero-order valence-electron chi connectivity index (χ0n) is 26.5. The van der Waals surface area contributed by atoms with E-state index in [1.54, 1.807) is 0 Å². The standard InChI is InChI=1S/C34H37N3O2.2C2H6/c1(3-19-35-20-18-28-23-24-12-14-25(28)15-13-24)2-7-26-16-17-31-33-29(26)10-6-22-37(33)34(39-31)36-21-5-9-27-8-4-11-30(38-34)32(27)36;2*1-2/h4-6,8-12,14,16-17,21-22,24-25,28,35H,1-3,7,13,15,18-20,23H2;2*1-2H3/q+2;;/t24?,25?,28?,34-;;/m0../s1. The van der Waals surface area contributed by atoms with Gasteiger partial charge in [-0.15, -0.1) is 0 Å². The van der Waals surface area contributed by atoms with Crippen LogP contribution in [0.5, 0.6) is 11.5 Å². The van der Waals surface area contributed by atoms with Crippen LogP contribution in [-0.4, -0.2) is 13.1 Å². The van der Waals surface area contributed by atoms with Crippen molar-refractivity contribution in [3.63, 3.8) is 0 Å². The number of aromatic nitrogens is 2. The van der Waals surface area contributed by atoms with Crippen molar-refractivity contribution in [2.75, 3.05) is 13.1 Å². The maximum atomic E-state index is 6.63. The van der Waals surface area contributed by atoms with Gasteiger partial charge >= 0.3 is 6.03 Å². The number of aryl methyl sites for hydroxylation is 1. The summed E-state index contributed by atoms with van der Waals surface area (Å²) in [5.74, 6) is 4.37. The fourth-order valence-electron chi connectivity index (χ4n) is 7.62. The molecule has 1 spiro atoms. The van der Waals surface area contributed by atoms with Crippen LogP contribution in [0.3, 0.4) is 0 Å². The molecular formula is C38H49N3O2+2. The average molecular weight is 580 g/mol. The Labute approximate surface area is 257 Å². The number of fused-ring (bicyclic) bond motifs is 4. The molecule has 1 fully saturated rings. The Morgan fingerprint density at radius 2 is 1.53 bits per heavy atom. The average Bonchev–Trinajstić information content (AvgIpc) is 3.58. The number of nitrogens with one attached hydrogen (secondary N) is 1. The molecule has 2 aromatic heterocycles. The van der Waals surface area contributed by atoms with Crippen LogP contribution in [0.4, 0.5) is 0 Å². The summed E-state index contributed by atoms with van der Waals surface area (Å²) in [4.78, 5) is 0. The second-order valence-electron chi connectivity index (χ2n) is 11.9. The summed E-state index contributed by atoms with van der Waals surface area (Å²) in [5, 5.41) is 6.13. The lowest BCUT2D eigenvalue weighted by Crippen LogP contribution is -2.75. The van der Waals surface area contributed by atoms with Gasteiger partial charge in [-0.1, -0.05) is 58.4 Å². The number of allylic oxidation sites excluding steroid dienone is 2. The number of hydrogen-bond acceptors (Lipinski definition) is 3. The van der Waals surface area contributed by atoms with E-state index in [1.165, 1.54) is 62.4 Å². The Hall–Kier alpha value is -3.44. The molecule has 0 saturated heterocycles. The Morgan fingerprint density at radius 3 is 2.30 bits per heavy atom. The molecule has 0 amide bonds. The fourth-order valence-corrected chi connectivity index (χ4v) is 7.62. The van der Waals surface area contributed by atoms with Crippen molar-refractivity contribution in [2.24, 2.45) is 17.8 Å². The van der Waals surface area contributed by atoms with Gasteiger partial charge in [0.1, 0.15) is 0 Å². The molecule has 2 bridgehead atoms. The summed E-state index contributed by atoms with van der Waals surface area (Å²) in [6.45, 7) is 10.3. The number of benzene rings is 2. The van der Waals surface area contributed by atoms with Gasteiger partial charge in [-0.25, -0.2) is 0 Å². The number of pyridine rings is 2. The topological polar surface area (TPSA) is 38.2 Å². The number of unbranched alkanes of at least 4 members (excludes halogenated alkanes) is 2. The van der Waals surface area contributed by atoms with E-state index in [-0.39, 0.29) is 0 Å². The van der Waals surface area contributed by atoms with E-state index in [0.717, 1.165) is 58.6 Å². The summed E-state index contributed by atoms with van der Waals surface area (Å²) in [5.41, 5.74) is 3.56. The summed E-state index contributed by atoms with van der Waals surface area (Å²) >= 11 is 0. The molecule has 4 aromatic rings. The highest BCUT2D eigenvalue weighted by Gasteiger charge is 2.68. The first-order valence-electron chi connectivity index (χ1n) is 17.0. The molecule has 43 heavy (non-hydrogen) atoms. The van der Waals surface area contributed by atoms with Gasteiger partial charge in [0.2, 0.25) is 11.5 Å². The van der Waals surface area contributed by atoms with Crippen LogP contribution >= 0.6 is 0 Å². The molecule has 1 saturated carbocycles. The van der Waals surface area contributed by atoms with E-state index in [1.807, 2.05) is 39.8 Å². The van der Waals surface area contributed by atoms with E-state index in [4.69, 9.17) is 9.47 Å². The quantitative estimate of drug-likeness (QED) is 0.125. The van der Waals surface area contributed by atoms with Gasteiger partial charge in [0.25, 0.3) is 11.0 Å². The van der Waals surface area contributed by atoms with Crippen molar-refractivity contribution >= 4 is 21.8 Å². The van der Waals surface area contributed by atoms with Crippen LogP contribution in [0.2, 0.25) is 0 Å². The highest BCUT2D eigenvalue weighted by Crippen LogP contribution is 2.42. The first-order chi connectivity index (χ1) is 21.3. The number of ether oxygens (including phenoxy) is 2. The maximum Gasteiger partial charge on any atom is 0.715 e. The van der Waals surface area contributed by atoms with Gasteiger partial charge in [0, 0.05) is 12.1 Å². The number of para-hydroxylation sites is 1. The summed E-state index contributed by atoms with van der Waals surface area (Å²) in [6, 6.07) is 18.1. The maximum absolute atomic E-state index is 6.63. The van der Waals surface area contributed by atoms with Crippen LogP contribution in [0.25, 0.3) is 21.8 Å². The molecule has 3 aliphatic carbocycles. The molecule has 1 N–H and O–H groups in total. The van der Waals surface area contributed by atoms with E-state index in [9.17, 15) is 0 Å². The summed E-state index contributed by atoms with van der Waals surface area (Å²) in [6.07, 6.45) is 19.5. The van der Waals surface area contributed by atoms with Crippen molar-refractivity contribution < 1.29 is 18.6 Å². The lowest BCUT2D eigenvalue weighted by atomic mass is 9.68. The van der Waals surface area contributed by atoms with Crippen molar-refractivity contribution in [2.45, 2.75) is 85.1 Å². The Kier molecular flexibility index (Phi) is 8.99. The molecule has 5 aliphatic rings. The smallest absolute Gasteiger partial charge is 0.334 e. The first kappa shape index (κ1) is 29.6. The third kappa shape index (κ3) is 5.31. The number of hydrogen-bond donors (Lipinski definition) is 1. The molecule has 4 heterocycles. The predicted molar refractivity (Wildman–Crippen MR) is 174 cm³/mol. The highest BCUT2D eigenvalue weighted by molar-refractivity contribution is 5.86. The minimum atomic E-state index is -1.05. The summed E-state index contributed by atoms with van der Waals surface area (Å²) < 4.78 is 17.5. The second-order valence-corrected chi connectivity index (χ2v) is 11.9. The predicted octanol–water partition coefficient (Wildman–Crippen LogP) is 7.82. The van der Waals surface area contributed by atoms with E-state index < -0.39 is 6.03 Å². The Balaban J connectivity index is 0.000000792. The van der Waals surface area contributed by atoms with Crippen molar-refractivity contribution in [1.29, 1.82) is 0 Å². The second kappa shape index (κ2) is 13.1. The summed E-state index contributed by atoms with van der Waals surface area (Å²) in [7, 11) is 0. The molecule has 5 heteroatoms. The first-order valence-corrected chi connectivity index (χ1v) is 17.0. The van der Waals surface area contributed by atoms with Crippen LogP contribution in [0.1, 0.15) is 78.2 Å². The molecule has 2 aromatic carbocycles. The molecular weight excluding hydrogens is 530 g/mol. The van der Waals surface area contributed by atoms with Gasteiger partial charge in [-0.2, -0.15) is 0 Å². The molecule has 226 valence electrons. The lowest BCUT2D eigenvalue weighted by molar-refractivity contribution is -1.03. The van der Waals surface area contributed by atoms with Gasteiger partial charge in [-0.3, -0.25) is 0 Å². The zero-order valence-corrected chi connectivity index (χ0v) is 26.5. The Bertz CT molecular complexity index is 1590. The van der Waals surface area contributed by atoms with Crippen molar-refractivity contribution in [1.82, 2.24) is 5.32 Å². The van der Waals surface area contributed by atoms with Gasteiger partial charge in [0.05, 0.1) is 10.8 Å². The van der Waals surface area contributed by atoms with Crippen molar-refractivity contribution in [3.05, 3.63) is 84.7 Å². The normalized spacial score (nSPS) is 23.5. The van der Waals surface area contributed by atoms with E-state index in [0.29, 0.717) is 0 Å². The lowest BCUT2D eigenvalue weighted by Gasteiger charge is -2.38. The fraction of sp³-hybridized carbons (Fsp3) is 0.474. The number of rotatable bonds is 9. The minimum Gasteiger partial charge on any atom is -0.334 e. The van der Waals surface area contributed by atoms with Crippen molar-refractivity contribution in [3.8, 4) is 11.5 Å². The largest absolute Gasteiger partial charge is 0.715 e. The van der Waals surface area contributed by atoms with Crippen LogP contribution in [0.15, 0.2) is 79.1 Å². The molecule has 4 atom stereocenters. The number of nitrogens with zero attached hydrogens (tertiary/aromatic N) is 2. The SMILES string of the molecule is C1=CC2CCC1CC2CCNCCCCCc1ccc2c3c1ccc[n+]3[C@@]1(Oc3cccc4ccc[n+]1c34)O2.CC.CC. The van der Waals surface area contributed by atoms with Crippen LogP contribution < -0.4 is 23.9 Å². The van der Waals surface area contributed by atoms with Crippen LogP contribution in [0, 0.1) is 17.8 Å². The third-order valence-corrected chi connectivity index (χ3v) is 9.59. The molecule has 3 unspecified atom stereocenters. The third-order valence-electron chi connectivity index (χ3n) is 9.59. The molecule has 9 rings (SSSR count). The van der Waals surface area contributed by atoms with Crippen LogP contribution in [-0.2, 0) is 12.5 Å². The van der Waals surface area contributed by atoms with Gasteiger partial charge in [0.15, 0.2) is 12.4 Å². The minimum absolute atomic E-state index is 0.849.